The van der Waals surface area contributed by atoms with Crippen LogP contribution in [0.4, 0.5) is 0 Å². The molecule has 2 N–H and O–H groups in total. The Kier molecular flexibility index (Phi) is 4.50. The van der Waals surface area contributed by atoms with Crippen molar-refractivity contribution in [3.05, 3.63) is 35.1 Å². The van der Waals surface area contributed by atoms with Gasteiger partial charge in [0.1, 0.15) is 0 Å². The molecule has 0 saturated carbocycles. The number of hydrogen-bond acceptors (Lipinski definition) is 6. The van der Waals surface area contributed by atoms with Gasteiger partial charge in [-0.05, 0) is 18.2 Å². The predicted molar refractivity (Wildman–Crippen MR) is 78.9 cm³/mol. The summed E-state index contributed by atoms with van der Waals surface area (Å²) >= 11 is 5.96. The molecule has 21 heavy (non-hydrogen) atoms. The summed E-state index contributed by atoms with van der Waals surface area (Å²) in [6.07, 6.45) is 0. The molecular formula is C14H17ClN4O2. The standard InChI is InChI=1S/C14H17ClN4O2/c15-11-3-1-2-10(8-11)14-17-13(18-21-14)12(16)9-19-4-6-20-7-5-19/h1-3,8,12H,4-7,9,16H2. The van der Waals surface area contributed by atoms with Crippen molar-refractivity contribution in [2.24, 2.45) is 5.73 Å². The maximum Gasteiger partial charge on any atom is 0.258 e. The lowest BCUT2D eigenvalue weighted by atomic mass is 10.2. The first-order valence-corrected chi connectivity index (χ1v) is 7.25. The van der Waals surface area contributed by atoms with E-state index in [1.54, 1.807) is 12.1 Å². The van der Waals surface area contributed by atoms with E-state index in [2.05, 4.69) is 15.0 Å². The minimum atomic E-state index is -0.278. The van der Waals surface area contributed by atoms with Crippen LogP contribution in [-0.2, 0) is 4.74 Å². The van der Waals surface area contributed by atoms with E-state index in [1.807, 2.05) is 12.1 Å². The van der Waals surface area contributed by atoms with Gasteiger partial charge in [0, 0.05) is 30.2 Å². The molecule has 1 aliphatic heterocycles. The summed E-state index contributed by atoms with van der Waals surface area (Å²) in [5.41, 5.74) is 6.95. The highest BCUT2D eigenvalue weighted by atomic mass is 35.5. The number of aromatic nitrogens is 2. The van der Waals surface area contributed by atoms with Crippen LogP contribution in [0, 0.1) is 0 Å². The summed E-state index contributed by atoms with van der Waals surface area (Å²) in [4.78, 5) is 6.61. The lowest BCUT2D eigenvalue weighted by molar-refractivity contribution is 0.0348. The van der Waals surface area contributed by atoms with E-state index >= 15 is 0 Å². The largest absolute Gasteiger partial charge is 0.379 e. The third kappa shape index (κ3) is 3.59. The Labute approximate surface area is 127 Å². The van der Waals surface area contributed by atoms with Gasteiger partial charge in [-0.15, -0.1) is 0 Å². The number of hydrogen-bond donors (Lipinski definition) is 1. The molecule has 1 saturated heterocycles. The second-order valence-electron chi connectivity index (χ2n) is 4.99. The van der Waals surface area contributed by atoms with Gasteiger partial charge in [0.2, 0.25) is 0 Å². The third-order valence-electron chi connectivity index (χ3n) is 3.40. The molecule has 1 fully saturated rings. The van der Waals surface area contributed by atoms with Gasteiger partial charge in [0.25, 0.3) is 5.89 Å². The van der Waals surface area contributed by atoms with E-state index in [9.17, 15) is 0 Å². The molecule has 1 aromatic carbocycles. The molecule has 0 bridgehead atoms. The molecule has 6 nitrogen and oxygen atoms in total. The molecule has 2 aromatic rings. The number of rotatable bonds is 4. The van der Waals surface area contributed by atoms with Crippen molar-refractivity contribution >= 4 is 11.6 Å². The molecule has 2 heterocycles. The molecule has 7 heteroatoms. The highest BCUT2D eigenvalue weighted by molar-refractivity contribution is 6.30. The average molecular weight is 309 g/mol. The molecule has 0 amide bonds. The molecule has 0 spiro atoms. The number of morpholine rings is 1. The molecule has 1 unspecified atom stereocenters. The first-order valence-electron chi connectivity index (χ1n) is 6.87. The Hall–Kier alpha value is -1.47. The Bertz CT molecular complexity index is 598. The number of ether oxygens (including phenoxy) is 1. The van der Waals surface area contributed by atoms with Gasteiger partial charge < -0.3 is 15.0 Å². The normalized spacial score (nSPS) is 17.8. The number of nitrogens with zero attached hydrogens (tertiary/aromatic N) is 3. The van der Waals surface area contributed by atoms with Crippen molar-refractivity contribution < 1.29 is 9.26 Å². The number of benzene rings is 1. The van der Waals surface area contributed by atoms with E-state index in [0.29, 0.717) is 23.3 Å². The second-order valence-corrected chi connectivity index (χ2v) is 5.42. The van der Waals surface area contributed by atoms with Crippen LogP contribution in [0.5, 0.6) is 0 Å². The first-order chi connectivity index (χ1) is 10.2. The van der Waals surface area contributed by atoms with Crippen LogP contribution in [0.15, 0.2) is 28.8 Å². The SMILES string of the molecule is NC(CN1CCOCC1)c1noc(-c2cccc(Cl)c2)n1. The molecule has 3 rings (SSSR count). The summed E-state index contributed by atoms with van der Waals surface area (Å²) < 4.78 is 10.6. The van der Waals surface area contributed by atoms with Crippen molar-refractivity contribution in [1.29, 1.82) is 0 Å². The minimum Gasteiger partial charge on any atom is -0.379 e. The van der Waals surface area contributed by atoms with Gasteiger partial charge in [0.05, 0.1) is 19.3 Å². The van der Waals surface area contributed by atoms with E-state index in [1.165, 1.54) is 0 Å². The van der Waals surface area contributed by atoms with Gasteiger partial charge in [-0.25, -0.2) is 0 Å². The monoisotopic (exact) mass is 308 g/mol. The van der Waals surface area contributed by atoms with Crippen LogP contribution in [0.3, 0.4) is 0 Å². The number of nitrogens with two attached hydrogens (primary N) is 1. The molecule has 112 valence electrons. The Morgan fingerprint density at radius 1 is 1.33 bits per heavy atom. The van der Waals surface area contributed by atoms with Crippen LogP contribution in [0.1, 0.15) is 11.9 Å². The lowest BCUT2D eigenvalue weighted by Crippen LogP contribution is -2.40. The van der Waals surface area contributed by atoms with Crippen LogP contribution in [0.2, 0.25) is 5.02 Å². The second kappa shape index (κ2) is 6.53. The maximum absolute atomic E-state index is 6.15. The molecule has 0 aliphatic carbocycles. The van der Waals surface area contributed by atoms with Gasteiger partial charge in [-0.2, -0.15) is 4.98 Å². The Balaban J connectivity index is 1.69. The molecule has 1 aliphatic rings. The molecule has 1 aromatic heterocycles. The predicted octanol–water partition coefficient (Wildman–Crippen LogP) is 1.72. The van der Waals surface area contributed by atoms with Crippen LogP contribution in [0.25, 0.3) is 11.5 Å². The van der Waals surface area contributed by atoms with E-state index < -0.39 is 0 Å². The van der Waals surface area contributed by atoms with Gasteiger partial charge in [-0.3, -0.25) is 4.90 Å². The highest BCUT2D eigenvalue weighted by Crippen LogP contribution is 2.22. The van der Waals surface area contributed by atoms with Gasteiger partial charge in [-0.1, -0.05) is 22.8 Å². The van der Waals surface area contributed by atoms with Gasteiger partial charge >= 0.3 is 0 Å². The zero-order valence-corrected chi connectivity index (χ0v) is 12.3. The summed E-state index contributed by atoms with van der Waals surface area (Å²) in [7, 11) is 0. The fraction of sp³-hybridized carbons (Fsp3) is 0.429. The highest BCUT2D eigenvalue weighted by Gasteiger charge is 2.20. The van der Waals surface area contributed by atoms with Crippen molar-refractivity contribution in [2.45, 2.75) is 6.04 Å². The zero-order valence-electron chi connectivity index (χ0n) is 11.5. The Morgan fingerprint density at radius 3 is 2.90 bits per heavy atom. The smallest absolute Gasteiger partial charge is 0.258 e. The summed E-state index contributed by atoms with van der Waals surface area (Å²) in [5, 5.41) is 4.61. The lowest BCUT2D eigenvalue weighted by Gasteiger charge is -2.27. The van der Waals surface area contributed by atoms with Crippen molar-refractivity contribution in [3.63, 3.8) is 0 Å². The summed E-state index contributed by atoms with van der Waals surface area (Å²) in [6, 6.07) is 7.02. The molecule has 1 atom stereocenters. The van der Waals surface area contributed by atoms with E-state index in [0.717, 1.165) is 31.9 Å². The van der Waals surface area contributed by atoms with Crippen LogP contribution < -0.4 is 5.73 Å². The fourth-order valence-corrected chi connectivity index (χ4v) is 2.46. The number of halogens is 1. The summed E-state index contributed by atoms with van der Waals surface area (Å²) in [5.74, 6) is 0.946. The van der Waals surface area contributed by atoms with Crippen LogP contribution >= 0.6 is 11.6 Å². The quantitative estimate of drug-likeness (QED) is 0.926. The van der Waals surface area contributed by atoms with Crippen molar-refractivity contribution in [2.75, 3.05) is 32.8 Å². The molecule has 0 radical (unpaired) electrons. The van der Waals surface area contributed by atoms with Gasteiger partial charge in [0.15, 0.2) is 5.82 Å². The Morgan fingerprint density at radius 2 is 2.14 bits per heavy atom. The van der Waals surface area contributed by atoms with E-state index in [-0.39, 0.29) is 6.04 Å². The molecular weight excluding hydrogens is 292 g/mol. The maximum atomic E-state index is 6.15. The average Bonchev–Trinajstić information content (AvgIpc) is 2.98. The third-order valence-corrected chi connectivity index (χ3v) is 3.64. The van der Waals surface area contributed by atoms with E-state index in [4.69, 9.17) is 26.6 Å². The van der Waals surface area contributed by atoms with Crippen LogP contribution in [-0.4, -0.2) is 47.9 Å². The fourth-order valence-electron chi connectivity index (χ4n) is 2.27. The zero-order chi connectivity index (χ0) is 14.7. The van der Waals surface area contributed by atoms with Crippen molar-refractivity contribution in [3.8, 4) is 11.5 Å². The first kappa shape index (κ1) is 14.5. The minimum absolute atomic E-state index is 0.278. The summed E-state index contributed by atoms with van der Waals surface area (Å²) in [6.45, 7) is 3.94. The topological polar surface area (TPSA) is 77.4 Å². The van der Waals surface area contributed by atoms with Crippen molar-refractivity contribution in [1.82, 2.24) is 15.0 Å².